The van der Waals surface area contributed by atoms with Crippen molar-refractivity contribution in [2.24, 2.45) is 5.73 Å². The topological polar surface area (TPSA) is 49.5 Å². The van der Waals surface area contributed by atoms with Crippen molar-refractivity contribution in [2.45, 2.75) is 37.6 Å². The highest BCUT2D eigenvalue weighted by atomic mass is 16.3. The molecule has 3 N–H and O–H groups in total. The molecule has 0 aliphatic carbocycles. The second kappa shape index (κ2) is 7.63. The molecule has 0 amide bonds. The van der Waals surface area contributed by atoms with Crippen molar-refractivity contribution in [1.29, 1.82) is 0 Å². The third kappa shape index (κ3) is 4.03. The van der Waals surface area contributed by atoms with E-state index in [1.165, 1.54) is 24.8 Å². The minimum Gasteiger partial charge on any atom is -0.395 e. The van der Waals surface area contributed by atoms with Crippen molar-refractivity contribution in [3.8, 4) is 0 Å². The van der Waals surface area contributed by atoms with Gasteiger partial charge in [0.2, 0.25) is 0 Å². The predicted molar refractivity (Wildman–Crippen MR) is 79.2 cm³/mol. The molecule has 2 atom stereocenters. The fraction of sp³-hybridized carbons (Fsp3) is 0.625. The summed E-state index contributed by atoms with van der Waals surface area (Å²) in [7, 11) is 0. The molecular weight excluding hydrogens is 236 g/mol. The summed E-state index contributed by atoms with van der Waals surface area (Å²) >= 11 is 0. The lowest BCUT2D eigenvalue weighted by molar-refractivity contribution is 0.119. The van der Waals surface area contributed by atoms with Crippen LogP contribution in [-0.2, 0) is 0 Å². The van der Waals surface area contributed by atoms with Crippen LogP contribution in [-0.4, -0.2) is 42.3 Å². The Labute approximate surface area is 116 Å². The summed E-state index contributed by atoms with van der Waals surface area (Å²) in [6.07, 6.45) is 4.87. The summed E-state index contributed by atoms with van der Waals surface area (Å²) in [6, 6.07) is 10.8. The molecule has 0 aromatic heterocycles. The Hall–Kier alpha value is -0.900. The smallest absolute Gasteiger partial charge is 0.0586 e. The van der Waals surface area contributed by atoms with Crippen molar-refractivity contribution in [3.05, 3.63) is 35.9 Å². The largest absolute Gasteiger partial charge is 0.395 e. The zero-order valence-electron chi connectivity index (χ0n) is 11.7. The van der Waals surface area contributed by atoms with E-state index in [0.717, 1.165) is 19.5 Å². The van der Waals surface area contributed by atoms with E-state index >= 15 is 0 Å². The number of likely N-dealkylation sites (tertiary alicyclic amines) is 1. The monoisotopic (exact) mass is 262 g/mol. The Morgan fingerprint density at radius 2 is 2.00 bits per heavy atom. The molecule has 1 aromatic rings. The summed E-state index contributed by atoms with van der Waals surface area (Å²) in [5.74, 6) is 0.369. The van der Waals surface area contributed by atoms with Crippen LogP contribution in [0.2, 0.25) is 0 Å². The molecule has 0 radical (unpaired) electrons. The molecule has 0 bridgehead atoms. The third-order valence-corrected chi connectivity index (χ3v) is 4.22. The summed E-state index contributed by atoms with van der Waals surface area (Å²) in [6.45, 7) is 2.99. The summed E-state index contributed by atoms with van der Waals surface area (Å²) in [5, 5.41) is 9.57. The minimum absolute atomic E-state index is 0.270. The lowest BCUT2D eigenvalue weighted by atomic mass is 9.98. The normalized spacial score (nSPS) is 22.9. The van der Waals surface area contributed by atoms with E-state index in [1.807, 2.05) is 6.07 Å². The molecule has 1 heterocycles. The Balaban J connectivity index is 2.03. The number of aliphatic hydroxyl groups is 1. The van der Waals surface area contributed by atoms with Gasteiger partial charge < -0.3 is 10.8 Å². The molecule has 2 unspecified atom stereocenters. The third-order valence-electron chi connectivity index (χ3n) is 4.22. The fourth-order valence-corrected chi connectivity index (χ4v) is 3.01. The predicted octanol–water partition coefficient (Wildman–Crippen LogP) is 1.97. The molecule has 3 nitrogen and oxygen atoms in total. The maximum atomic E-state index is 9.57. The van der Waals surface area contributed by atoms with E-state index in [0.29, 0.717) is 18.5 Å². The lowest BCUT2D eigenvalue weighted by Crippen LogP contribution is -2.41. The molecule has 1 aliphatic heterocycles. The highest BCUT2D eigenvalue weighted by molar-refractivity contribution is 5.20. The number of nitrogens with zero attached hydrogens (tertiary/aromatic N) is 1. The van der Waals surface area contributed by atoms with Gasteiger partial charge in [-0.3, -0.25) is 4.90 Å². The van der Waals surface area contributed by atoms with Gasteiger partial charge in [0.15, 0.2) is 0 Å². The zero-order valence-corrected chi connectivity index (χ0v) is 11.7. The van der Waals surface area contributed by atoms with E-state index in [1.54, 1.807) is 0 Å². The van der Waals surface area contributed by atoms with E-state index < -0.39 is 0 Å². The number of rotatable bonds is 5. The van der Waals surface area contributed by atoms with E-state index in [9.17, 15) is 5.11 Å². The molecule has 19 heavy (non-hydrogen) atoms. The number of aliphatic hydroxyl groups excluding tert-OH is 1. The second-order valence-corrected chi connectivity index (χ2v) is 5.52. The molecule has 2 rings (SSSR count). The first-order valence-electron chi connectivity index (χ1n) is 7.45. The number of hydrogen-bond donors (Lipinski definition) is 2. The van der Waals surface area contributed by atoms with Crippen LogP contribution >= 0.6 is 0 Å². The standard InChI is InChI=1S/C16H26N2O/c17-11-15(14-7-3-1-4-8-14)12-18-10-6-2-5-9-16(18)13-19/h1,3-4,7-8,15-16,19H,2,5-6,9-13,17H2. The molecule has 0 saturated carbocycles. The van der Waals surface area contributed by atoms with Gasteiger partial charge in [-0.05, 0) is 24.9 Å². The molecule has 1 aromatic carbocycles. The Morgan fingerprint density at radius 3 is 2.68 bits per heavy atom. The summed E-state index contributed by atoms with van der Waals surface area (Å²) < 4.78 is 0. The maximum absolute atomic E-state index is 9.57. The van der Waals surface area contributed by atoms with Crippen LogP contribution in [0.4, 0.5) is 0 Å². The van der Waals surface area contributed by atoms with Crippen LogP contribution in [0.25, 0.3) is 0 Å². The van der Waals surface area contributed by atoms with E-state index in [4.69, 9.17) is 5.73 Å². The van der Waals surface area contributed by atoms with Crippen LogP contribution < -0.4 is 5.73 Å². The first-order chi connectivity index (χ1) is 9.35. The van der Waals surface area contributed by atoms with Gasteiger partial charge in [0, 0.05) is 25.0 Å². The van der Waals surface area contributed by atoms with Gasteiger partial charge in [-0.15, -0.1) is 0 Å². The lowest BCUT2D eigenvalue weighted by Gasteiger charge is -2.32. The van der Waals surface area contributed by atoms with Crippen LogP contribution in [0.5, 0.6) is 0 Å². The average molecular weight is 262 g/mol. The first kappa shape index (κ1) is 14.5. The molecule has 1 saturated heterocycles. The average Bonchev–Trinajstić information content (AvgIpc) is 2.70. The van der Waals surface area contributed by atoms with Gasteiger partial charge in [-0.2, -0.15) is 0 Å². The van der Waals surface area contributed by atoms with Crippen molar-refractivity contribution < 1.29 is 5.11 Å². The zero-order chi connectivity index (χ0) is 13.5. The van der Waals surface area contributed by atoms with Crippen molar-refractivity contribution >= 4 is 0 Å². The number of hydrogen-bond acceptors (Lipinski definition) is 3. The van der Waals surface area contributed by atoms with Crippen molar-refractivity contribution in [1.82, 2.24) is 4.90 Å². The van der Waals surface area contributed by atoms with Gasteiger partial charge in [0.1, 0.15) is 0 Å². The van der Waals surface area contributed by atoms with Crippen LogP contribution in [0.15, 0.2) is 30.3 Å². The highest BCUT2D eigenvalue weighted by Crippen LogP contribution is 2.22. The molecule has 106 valence electrons. The molecule has 1 aliphatic rings. The van der Waals surface area contributed by atoms with E-state index in [-0.39, 0.29) is 6.61 Å². The SMILES string of the molecule is NCC(CN1CCCCCC1CO)c1ccccc1. The van der Waals surface area contributed by atoms with Crippen molar-refractivity contribution in [3.63, 3.8) is 0 Å². The van der Waals surface area contributed by atoms with Gasteiger partial charge in [-0.1, -0.05) is 43.2 Å². The van der Waals surface area contributed by atoms with Crippen molar-refractivity contribution in [2.75, 3.05) is 26.2 Å². The Bertz CT molecular complexity index is 355. The first-order valence-corrected chi connectivity index (χ1v) is 7.45. The molecule has 1 fully saturated rings. The minimum atomic E-state index is 0.270. The van der Waals surface area contributed by atoms with Gasteiger partial charge >= 0.3 is 0 Å². The summed E-state index contributed by atoms with van der Waals surface area (Å²) in [4.78, 5) is 2.44. The quantitative estimate of drug-likeness (QED) is 0.853. The Morgan fingerprint density at radius 1 is 1.21 bits per heavy atom. The second-order valence-electron chi connectivity index (χ2n) is 5.52. The van der Waals surface area contributed by atoms with E-state index in [2.05, 4.69) is 29.2 Å². The van der Waals surface area contributed by atoms with Crippen LogP contribution in [0, 0.1) is 0 Å². The summed E-state index contributed by atoms with van der Waals surface area (Å²) in [5.41, 5.74) is 7.27. The fourth-order valence-electron chi connectivity index (χ4n) is 3.01. The molecule has 3 heteroatoms. The number of benzene rings is 1. The number of nitrogens with two attached hydrogens (primary N) is 1. The van der Waals surface area contributed by atoms with Gasteiger partial charge in [0.05, 0.1) is 6.61 Å². The highest BCUT2D eigenvalue weighted by Gasteiger charge is 2.23. The molecule has 0 spiro atoms. The maximum Gasteiger partial charge on any atom is 0.0586 e. The van der Waals surface area contributed by atoms with Gasteiger partial charge in [-0.25, -0.2) is 0 Å². The van der Waals surface area contributed by atoms with Crippen LogP contribution in [0.3, 0.4) is 0 Å². The van der Waals surface area contributed by atoms with Gasteiger partial charge in [0.25, 0.3) is 0 Å². The Kier molecular flexibility index (Phi) is 5.83. The van der Waals surface area contributed by atoms with Crippen LogP contribution in [0.1, 0.15) is 37.2 Å². The molecular formula is C16H26N2O.